The van der Waals surface area contributed by atoms with Crippen LogP contribution in [0.25, 0.3) is 6.08 Å². The van der Waals surface area contributed by atoms with Gasteiger partial charge in [0.15, 0.2) is 0 Å². The highest BCUT2D eigenvalue weighted by Gasteiger charge is 2.03. The van der Waals surface area contributed by atoms with E-state index in [-0.39, 0.29) is 5.82 Å². The van der Waals surface area contributed by atoms with Crippen LogP contribution in [-0.2, 0) is 6.42 Å². The summed E-state index contributed by atoms with van der Waals surface area (Å²) in [7, 11) is 0. The van der Waals surface area contributed by atoms with Crippen LogP contribution in [0.5, 0.6) is 0 Å². The second-order valence-corrected chi connectivity index (χ2v) is 3.06. The van der Waals surface area contributed by atoms with E-state index in [0.717, 1.165) is 24.0 Å². The Kier molecular flexibility index (Phi) is 3.69. The molecule has 1 aromatic carbocycles. The molecular weight excluding hydrogens is 163 g/mol. The molecule has 0 radical (unpaired) electrons. The molecular formula is C12H15F. The van der Waals surface area contributed by atoms with Gasteiger partial charge in [0.2, 0.25) is 0 Å². The molecule has 0 nitrogen and oxygen atoms in total. The molecule has 0 saturated carbocycles. The lowest BCUT2D eigenvalue weighted by Gasteiger charge is -2.04. The zero-order valence-electron chi connectivity index (χ0n) is 8.18. The van der Waals surface area contributed by atoms with Crippen LogP contribution in [0.3, 0.4) is 0 Å². The summed E-state index contributed by atoms with van der Waals surface area (Å²) in [5.74, 6) is -0.121. The molecule has 0 N–H and O–H groups in total. The van der Waals surface area contributed by atoms with Crippen LogP contribution in [0.2, 0.25) is 0 Å². The smallest absolute Gasteiger partial charge is 0.130 e. The van der Waals surface area contributed by atoms with E-state index < -0.39 is 0 Å². The zero-order chi connectivity index (χ0) is 9.68. The van der Waals surface area contributed by atoms with Gasteiger partial charge in [0, 0.05) is 5.56 Å². The van der Waals surface area contributed by atoms with Crippen molar-refractivity contribution in [2.45, 2.75) is 26.7 Å². The Bertz CT molecular complexity index is 300. The third kappa shape index (κ3) is 2.41. The van der Waals surface area contributed by atoms with E-state index in [1.54, 1.807) is 6.07 Å². The molecule has 13 heavy (non-hydrogen) atoms. The first-order valence-electron chi connectivity index (χ1n) is 4.69. The van der Waals surface area contributed by atoms with Crippen LogP contribution < -0.4 is 0 Å². The van der Waals surface area contributed by atoms with E-state index in [9.17, 15) is 4.39 Å². The Balaban J connectivity index is 3.09. The van der Waals surface area contributed by atoms with Crippen molar-refractivity contribution in [1.29, 1.82) is 0 Å². The Hall–Kier alpha value is -1.11. The minimum Gasteiger partial charge on any atom is -0.206 e. The highest BCUT2D eigenvalue weighted by Crippen LogP contribution is 2.16. The Labute approximate surface area is 79.1 Å². The molecule has 0 aromatic heterocycles. The van der Waals surface area contributed by atoms with Crippen molar-refractivity contribution in [2.75, 3.05) is 0 Å². The maximum atomic E-state index is 13.3. The summed E-state index contributed by atoms with van der Waals surface area (Å²) in [6, 6.07) is 5.27. The van der Waals surface area contributed by atoms with Crippen molar-refractivity contribution < 1.29 is 4.39 Å². The van der Waals surface area contributed by atoms with Gasteiger partial charge in [0.25, 0.3) is 0 Å². The maximum absolute atomic E-state index is 13.3. The van der Waals surface area contributed by atoms with Crippen molar-refractivity contribution in [1.82, 2.24) is 0 Å². The van der Waals surface area contributed by atoms with Gasteiger partial charge in [-0.05, 0) is 25.0 Å². The summed E-state index contributed by atoms with van der Waals surface area (Å²) in [6.45, 7) is 4.01. The molecule has 0 fully saturated rings. The van der Waals surface area contributed by atoms with E-state index in [1.165, 1.54) is 6.07 Å². The van der Waals surface area contributed by atoms with E-state index in [0.29, 0.717) is 0 Å². The lowest BCUT2D eigenvalue weighted by atomic mass is 10.0. The highest BCUT2D eigenvalue weighted by atomic mass is 19.1. The molecule has 0 saturated heterocycles. The first kappa shape index (κ1) is 9.97. The number of halogens is 1. The Morgan fingerprint density at radius 2 is 2.15 bits per heavy atom. The van der Waals surface area contributed by atoms with Gasteiger partial charge >= 0.3 is 0 Å². The van der Waals surface area contributed by atoms with Gasteiger partial charge in [0.1, 0.15) is 5.82 Å². The molecule has 0 atom stereocenters. The van der Waals surface area contributed by atoms with Gasteiger partial charge < -0.3 is 0 Å². The molecule has 1 heteroatoms. The number of allylic oxidation sites excluding steroid dienone is 1. The fraction of sp³-hybridized carbons (Fsp3) is 0.333. The molecule has 0 aliphatic heterocycles. The number of benzene rings is 1. The van der Waals surface area contributed by atoms with Gasteiger partial charge in [-0.3, -0.25) is 0 Å². The fourth-order valence-electron chi connectivity index (χ4n) is 1.42. The first-order valence-corrected chi connectivity index (χ1v) is 4.69. The molecule has 1 aromatic rings. The average Bonchev–Trinajstić information content (AvgIpc) is 2.11. The zero-order valence-corrected chi connectivity index (χ0v) is 8.18. The van der Waals surface area contributed by atoms with Crippen molar-refractivity contribution in [2.24, 2.45) is 0 Å². The summed E-state index contributed by atoms with van der Waals surface area (Å²) in [4.78, 5) is 0. The van der Waals surface area contributed by atoms with Crippen molar-refractivity contribution >= 4 is 6.08 Å². The topological polar surface area (TPSA) is 0 Å². The summed E-state index contributed by atoms with van der Waals surface area (Å²) in [5.41, 5.74) is 1.84. The van der Waals surface area contributed by atoms with Crippen LogP contribution in [0.4, 0.5) is 4.39 Å². The SMILES string of the molecule is C/C=C\c1c(F)cccc1CCC. The van der Waals surface area contributed by atoms with Gasteiger partial charge in [-0.1, -0.05) is 37.6 Å². The fourth-order valence-corrected chi connectivity index (χ4v) is 1.42. The molecule has 1 rings (SSSR count). The molecule has 0 aliphatic rings. The molecule has 70 valence electrons. The molecule has 0 unspecified atom stereocenters. The monoisotopic (exact) mass is 178 g/mol. The summed E-state index contributed by atoms with van der Waals surface area (Å²) < 4.78 is 13.3. The number of hydrogen-bond acceptors (Lipinski definition) is 0. The minimum absolute atomic E-state index is 0.121. The third-order valence-electron chi connectivity index (χ3n) is 2.00. The normalized spacial score (nSPS) is 11.0. The van der Waals surface area contributed by atoms with Crippen LogP contribution in [0.1, 0.15) is 31.4 Å². The van der Waals surface area contributed by atoms with Crippen LogP contribution in [0.15, 0.2) is 24.3 Å². The summed E-state index contributed by atoms with van der Waals surface area (Å²) >= 11 is 0. The summed E-state index contributed by atoms with van der Waals surface area (Å²) in [6.07, 6.45) is 5.70. The lowest BCUT2D eigenvalue weighted by molar-refractivity contribution is 0.622. The van der Waals surface area contributed by atoms with Crippen molar-refractivity contribution in [3.63, 3.8) is 0 Å². The summed E-state index contributed by atoms with van der Waals surface area (Å²) in [5, 5.41) is 0. The molecule has 0 aliphatic carbocycles. The van der Waals surface area contributed by atoms with Crippen LogP contribution in [-0.4, -0.2) is 0 Å². The highest BCUT2D eigenvalue weighted by molar-refractivity contribution is 5.54. The molecule has 0 amide bonds. The predicted octanol–water partition coefficient (Wildman–Crippen LogP) is 3.81. The van der Waals surface area contributed by atoms with Crippen molar-refractivity contribution in [3.05, 3.63) is 41.2 Å². The van der Waals surface area contributed by atoms with Crippen LogP contribution >= 0.6 is 0 Å². The lowest BCUT2D eigenvalue weighted by Crippen LogP contribution is -1.91. The Morgan fingerprint density at radius 3 is 2.77 bits per heavy atom. The third-order valence-corrected chi connectivity index (χ3v) is 2.00. The first-order chi connectivity index (χ1) is 6.29. The number of rotatable bonds is 3. The van der Waals surface area contributed by atoms with Crippen LogP contribution in [0, 0.1) is 5.82 Å². The second kappa shape index (κ2) is 4.80. The standard InChI is InChI=1S/C12H15F/c1-3-6-10-8-5-9-12(13)11(10)7-4-2/h4-5,7-9H,3,6H2,1-2H3/b7-4-. The number of hydrogen-bond donors (Lipinski definition) is 0. The minimum atomic E-state index is -0.121. The molecule has 0 spiro atoms. The van der Waals surface area contributed by atoms with Gasteiger partial charge in [0.05, 0.1) is 0 Å². The van der Waals surface area contributed by atoms with Gasteiger partial charge in [-0.15, -0.1) is 0 Å². The number of aryl methyl sites for hydroxylation is 1. The second-order valence-electron chi connectivity index (χ2n) is 3.06. The average molecular weight is 178 g/mol. The van der Waals surface area contributed by atoms with E-state index in [4.69, 9.17) is 0 Å². The van der Waals surface area contributed by atoms with E-state index >= 15 is 0 Å². The largest absolute Gasteiger partial charge is 0.206 e. The maximum Gasteiger partial charge on any atom is 0.130 e. The predicted molar refractivity (Wildman–Crippen MR) is 55.1 cm³/mol. The molecule has 0 bridgehead atoms. The van der Waals surface area contributed by atoms with E-state index in [1.807, 2.05) is 25.1 Å². The van der Waals surface area contributed by atoms with E-state index in [2.05, 4.69) is 6.92 Å². The van der Waals surface area contributed by atoms with Crippen molar-refractivity contribution in [3.8, 4) is 0 Å². The Morgan fingerprint density at radius 1 is 1.38 bits per heavy atom. The van der Waals surface area contributed by atoms with Gasteiger partial charge in [-0.2, -0.15) is 0 Å². The van der Waals surface area contributed by atoms with Gasteiger partial charge in [-0.25, -0.2) is 4.39 Å². The quantitative estimate of drug-likeness (QED) is 0.660. The molecule has 0 heterocycles.